The Morgan fingerprint density at radius 3 is 3.00 bits per heavy atom. The van der Waals surface area contributed by atoms with Crippen LogP contribution in [0.15, 0.2) is 18.3 Å². The van der Waals surface area contributed by atoms with Crippen LogP contribution in [0.25, 0.3) is 0 Å². The van der Waals surface area contributed by atoms with E-state index in [0.29, 0.717) is 31.0 Å². The van der Waals surface area contributed by atoms with Crippen molar-refractivity contribution in [2.45, 2.75) is 26.2 Å². The Kier molecular flexibility index (Phi) is 4.14. The molecule has 102 valence electrons. The van der Waals surface area contributed by atoms with Crippen LogP contribution in [0.5, 0.6) is 0 Å². The highest BCUT2D eigenvalue weighted by molar-refractivity contribution is 5.95. The molecule has 1 aliphatic rings. The molecule has 1 atom stereocenters. The molecule has 0 bridgehead atoms. The molecule has 1 fully saturated rings. The van der Waals surface area contributed by atoms with Gasteiger partial charge in [0.05, 0.1) is 5.56 Å². The molecule has 1 unspecified atom stereocenters. The summed E-state index contributed by atoms with van der Waals surface area (Å²) in [5, 5.41) is 8.67. The van der Waals surface area contributed by atoms with Gasteiger partial charge < -0.3 is 10.0 Å². The number of pyridine rings is 1. The number of aryl methyl sites for hydroxylation is 1. The van der Waals surface area contributed by atoms with Crippen LogP contribution in [0.1, 0.15) is 35.3 Å². The zero-order chi connectivity index (χ0) is 13.8. The van der Waals surface area contributed by atoms with Crippen LogP contribution in [0.3, 0.4) is 0 Å². The molecular weight excluding hydrogens is 244 g/mol. The van der Waals surface area contributed by atoms with Crippen LogP contribution >= 0.6 is 0 Å². The molecule has 1 aliphatic heterocycles. The normalized spacial score (nSPS) is 18.6. The summed E-state index contributed by atoms with van der Waals surface area (Å²) in [7, 11) is 0. The Bertz CT molecular complexity index is 487. The molecule has 0 saturated carbocycles. The number of amides is 1. The number of likely N-dealkylation sites (tertiary alicyclic amines) is 1. The third-order valence-corrected chi connectivity index (χ3v) is 3.58. The van der Waals surface area contributed by atoms with Gasteiger partial charge >= 0.3 is 5.97 Å². The standard InChI is InChI=1S/C14H18N2O3/c1-10-12(3-2-7-15-10)14(19)16-8-6-11(9-16)4-5-13(17)18/h2-3,7,11H,4-6,8-9H2,1H3,(H,17,18). The first-order valence-corrected chi connectivity index (χ1v) is 6.50. The van der Waals surface area contributed by atoms with Gasteiger partial charge in [-0.1, -0.05) is 0 Å². The van der Waals surface area contributed by atoms with E-state index >= 15 is 0 Å². The average Bonchev–Trinajstić information content (AvgIpc) is 2.85. The van der Waals surface area contributed by atoms with Crippen molar-refractivity contribution in [3.63, 3.8) is 0 Å². The molecule has 0 radical (unpaired) electrons. The Hall–Kier alpha value is -1.91. The van der Waals surface area contributed by atoms with E-state index in [4.69, 9.17) is 5.11 Å². The first-order valence-electron chi connectivity index (χ1n) is 6.50. The van der Waals surface area contributed by atoms with Gasteiger partial charge in [-0.2, -0.15) is 0 Å². The van der Waals surface area contributed by atoms with Crippen molar-refractivity contribution in [1.82, 2.24) is 9.88 Å². The average molecular weight is 262 g/mol. The molecule has 19 heavy (non-hydrogen) atoms. The summed E-state index contributed by atoms with van der Waals surface area (Å²) in [6.07, 6.45) is 3.38. The number of carboxylic acids is 1. The zero-order valence-electron chi connectivity index (χ0n) is 11.0. The number of nitrogens with zero attached hydrogens (tertiary/aromatic N) is 2. The van der Waals surface area contributed by atoms with Crippen molar-refractivity contribution in [3.8, 4) is 0 Å². The Labute approximate surface area is 112 Å². The first-order chi connectivity index (χ1) is 9.08. The molecule has 1 saturated heterocycles. The molecule has 1 N–H and O–H groups in total. The second-order valence-electron chi connectivity index (χ2n) is 4.97. The van der Waals surface area contributed by atoms with Crippen LogP contribution in [-0.2, 0) is 4.79 Å². The quantitative estimate of drug-likeness (QED) is 0.896. The maximum absolute atomic E-state index is 12.3. The molecule has 0 spiro atoms. The molecule has 1 amide bonds. The van der Waals surface area contributed by atoms with Gasteiger partial charge in [0.2, 0.25) is 0 Å². The Balaban J connectivity index is 1.95. The lowest BCUT2D eigenvalue weighted by molar-refractivity contribution is -0.137. The number of carbonyl (C=O) groups excluding carboxylic acids is 1. The third-order valence-electron chi connectivity index (χ3n) is 3.58. The highest BCUT2D eigenvalue weighted by Crippen LogP contribution is 2.23. The van der Waals surface area contributed by atoms with Gasteiger partial charge in [0.15, 0.2) is 0 Å². The number of aromatic nitrogens is 1. The molecule has 5 heteroatoms. The fourth-order valence-corrected chi connectivity index (χ4v) is 2.46. The van der Waals surface area contributed by atoms with Crippen molar-refractivity contribution in [2.75, 3.05) is 13.1 Å². The van der Waals surface area contributed by atoms with E-state index in [1.165, 1.54) is 0 Å². The van der Waals surface area contributed by atoms with Gasteiger partial charge in [0, 0.05) is 31.4 Å². The lowest BCUT2D eigenvalue weighted by Gasteiger charge is -2.17. The van der Waals surface area contributed by atoms with Crippen LogP contribution in [0.2, 0.25) is 0 Å². The van der Waals surface area contributed by atoms with Gasteiger partial charge in [-0.3, -0.25) is 14.6 Å². The van der Waals surface area contributed by atoms with Crippen LogP contribution in [0.4, 0.5) is 0 Å². The highest BCUT2D eigenvalue weighted by atomic mass is 16.4. The fourth-order valence-electron chi connectivity index (χ4n) is 2.46. The number of aliphatic carboxylic acids is 1. The van der Waals surface area contributed by atoms with Crippen LogP contribution < -0.4 is 0 Å². The van der Waals surface area contributed by atoms with Crippen molar-refractivity contribution in [3.05, 3.63) is 29.6 Å². The van der Waals surface area contributed by atoms with E-state index in [9.17, 15) is 9.59 Å². The lowest BCUT2D eigenvalue weighted by atomic mass is 10.0. The van der Waals surface area contributed by atoms with Gasteiger partial charge in [-0.25, -0.2) is 0 Å². The molecule has 0 aliphatic carbocycles. The van der Waals surface area contributed by atoms with E-state index < -0.39 is 5.97 Å². The summed E-state index contributed by atoms with van der Waals surface area (Å²) in [4.78, 5) is 28.8. The van der Waals surface area contributed by atoms with E-state index in [1.807, 2.05) is 6.92 Å². The van der Waals surface area contributed by atoms with Gasteiger partial charge in [-0.15, -0.1) is 0 Å². The second-order valence-corrected chi connectivity index (χ2v) is 4.97. The van der Waals surface area contributed by atoms with Crippen molar-refractivity contribution in [2.24, 2.45) is 5.92 Å². The summed E-state index contributed by atoms with van der Waals surface area (Å²) in [5.41, 5.74) is 1.38. The topological polar surface area (TPSA) is 70.5 Å². The zero-order valence-corrected chi connectivity index (χ0v) is 11.0. The number of hydrogen-bond acceptors (Lipinski definition) is 3. The van der Waals surface area contributed by atoms with E-state index in [0.717, 1.165) is 12.1 Å². The number of hydrogen-bond donors (Lipinski definition) is 1. The summed E-state index contributed by atoms with van der Waals surface area (Å²) in [5.74, 6) is -0.465. The summed E-state index contributed by atoms with van der Waals surface area (Å²) in [6, 6.07) is 3.55. The van der Waals surface area contributed by atoms with Crippen molar-refractivity contribution in [1.29, 1.82) is 0 Å². The van der Waals surface area contributed by atoms with E-state index in [2.05, 4.69) is 4.98 Å². The SMILES string of the molecule is Cc1ncccc1C(=O)N1CCC(CCC(=O)O)C1. The molecule has 5 nitrogen and oxygen atoms in total. The monoisotopic (exact) mass is 262 g/mol. The van der Waals surface area contributed by atoms with Crippen LogP contribution in [-0.4, -0.2) is 40.0 Å². The summed E-state index contributed by atoms with van der Waals surface area (Å²) < 4.78 is 0. The van der Waals surface area contributed by atoms with Crippen molar-refractivity contribution >= 4 is 11.9 Å². The predicted octanol–water partition coefficient (Wildman–Crippen LogP) is 1.72. The molecule has 2 heterocycles. The minimum atomic E-state index is -0.770. The predicted molar refractivity (Wildman–Crippen MR) is 69.9 cm³/mol. The van der Waals surface area contributed by atoms with E-state index in [1.54, 1.807) is 23.2 Å². The van der Waals surface area contributed by atoms with Gasteiger partial charge in [0.1, 0.15) is 0 Å². The second kappa shape index (κ2) is 5.82. The minimum Gasteiger partial charge on any atom is -0.481 e. The molecule has 2 rings (SSSR count). The molecular formula is C14H18N2O3. The maximum Gasteiger partial charge on any atom is 0.303 e. The smallest absolute Gasteiger partial charge is 0.303 e. The van der Waals surface area contributed by atoms with Gasteiger partial charge in [-0.05, 0) is 37.8 Å². The molecule has 1 aromatic rings. The maximum atomic E-state index is 12.3. The Morgan fingerprint density at radius 1 is 1.53 bits per heavy atom. The molecule has 0 aromatic carbocycles. The molecule has 1 aromatic heterocycles. The summed E-state index contributed by atoms with van der Waals surface area (Å²) in [6.45, 7) is 3.18. The largest absolute Gasteiger partial charge is 0.481 e. The lowest BCUT2D eigenvalue weighted by Crippen LogP contribution is -2.29. The highest BCUT2D eigenvalue weighted by Gasteiger charge is 2.27. The number of rotatable bonds is 4. The van der Waals surface area contributed by atoms with Crippen LogP contribution in [0, 0.1) is 12.8 Å². The van der Waals surface area contributed by atoms with Crippen molar-refractivity contribution < 1.29 is 14.7 Å². The first kappa shape index (κ1) is 13.5. The number of carbonyl (C=O) groups is 2. The summed E-state index contributed by atoms with van der Waals surface area (Å²) >= 11 is 0. The minimum absolute atomic E-state index is 0.00317. The van der Waals surface area contributed by atoms with E-state index in [-0.39, 0.29) is 12.3 Å². The number of carboxylic acid groups (broad SMARTS) is 1. The van der Waals surface area contributed by atoms with Gasteiger partial charge in [0.25, 0.3) is 5.91 Å². The third kappa shape index (κ3) is 3.30. The fraction of sp³-hybridized carbons (Fsp3) is 0.500. The Morgan fingerprint density at radius 2 is 2.32 bits per heavy atom.